The van der Waals surface area contributed by atoms with Gasteiger partial charge in [-0.05, 0) is 29.9 Å². The molecule has 0 bridgehead atoms. The predicted octanol–water partition coefficient (Wildman–Crippen LogP) is 3.19. The molecule has 0 aromatic heterocycles. The maximum Gasteiger partial charge on any atom is 0.161 e. The van der Waals surface area contributed by atoms with Crippen molar-refractivity contribution < 1.29 is 14.2 Å². The third-order valence-electron chi connectivity index (χ3n) is 3.49. The first kappa shape index (κ1) is 18.1. The van der Waals surface area contributed by atoms with E-state index in [0.717, 1.165) is 18.0 Å². The Labute approximate surface area is 132 Å². The zero-order valence-electron chi connectivity index (χ0n) is 13.9. The van der Waals surface area contributed by atoms with Crippen LogP contribution in [0.4, 0.5) is 0 Å². The van der Waals surface area contributed by atoms with E-state index in [-0.39, 0.29) is 0 Å². The molecule has 1 rings (SSSR count). The molecule has 0 aliphatic carbocycles. The molecule has 0 heterocycles. The molecule has 4 nitrogen and oxygen atoms in total. The van der Waals surface area contributed by atoms with Gasteiger partial charge in [0.25, 0.3) is 0 Å². The molecule has 0 saturated carbocycles. The lowest BCUT2D eigenvalue weighted by molar-refractivity contribution is 0.146. The monoisotopic (exact) mass is 313 g/mol. The van der Waals surface area contributed by atoms with Gasteiger partial charge in [0.1, 0.15) is 0 Å². The van der Waals surface area contributed by atoms with Crippen molar-refractivity contribution in [3.63, 3.8) is 0 Å². The van der Waals surface area contributed by atoms with Crippen LogP contribution < -0.4 is 14.8 Å². The molecular weight excluding hydrogens is 286 g/mol. The van der Waals surface area contributed by atoms with Gasteiger partial charge in [0.05, 0.1) is 20.8 Å². The van der Waals surface area contributed by atoms with E-state index in [2.05, 4.69) is 25.4 Å². The second kappa shape index (κ2) is 9.18. The number of rotatable bonds is 9. The first-order valence-electron chi connectivity index (χ1n) is 7.08. The largest absolute Gasteiger partial charge is 0.493 e. The van der Waals surface area contributed by atoms with Gasteiger partial charge in [-0.3, -0.25) is 0 Å². The highest BCUT2D eigenvalue weighted by Crippen LogP contribution is 2.34. The van der Waals surface area contributed by atoms with Crippen LogP contribution in [-0.2, 0) is 11.3 Å². The summed E-state index contributed by atoms with van der Waals surface area (Å²) >= 11 is 1.71. The molecule has 0 fully saturated rings. The van der Waals surface area contributed by atoms with E-state index in [4.69, 9.17) is 14.2 Å². The Morgan fingerprint density at radius 1 is 1.10 bits per heavy atom. The van der Waals surface area contributed by atoms with Crippen LogP contribution in [0.5, 0.6) is 11.5 Å². The van der Waals surface area contributed by atoms with Crippen molar-refractivity contribution in [3.05, 3.63) is 17.7 Å². The summed E-state index contributed by atoms with van der Waals surface area (Å²) in [5, 5.41) is 3.57. The van der Waals surface area contributed by atoms with Crippen LogP contribution in [0.2, 0.25) is 0 Å². The number of hydrogen-bond donors (Lipinski definition) is 1. The number of benzene rings is 1. The zero-order valence-corrected chi connectivity index (χ0v) is 14.7. The predicted molar refractivity (Wildman–Crippen MR) is 88.7 cm³/mol. The van der Waals surface area contributed by atoms with Gasteiger partial charge in [0, 0.05) is 24.6 Å². The molecule has 1 aromatic carbocycles. The molecular formula is C16H27NO3S. The van der Waals surface area contributed by atoms with Crippen molar-refractivity contribution in [1.82, 2.24) is 5.32 Å². The fraction of sp³-hybridized carbons (Fsp3) is 0.625. The molecule has 1 N–H and O–H groups in total. The number of hydrogen-bond acceptors (Lipinski definition) is 5. The molecule has 0 aliphatic rings. The van der Waals surface area contributed by atoms with Crippen molar-refractivity contribution in [3.8, 4) is 11.5 Å². The molecule has 0 aliphatic heterocycles. The van der Waals surface area contributed by atoms with Crippen LogP contribution in [0.15, 0.2) is 17.0 Å². The van der Waals surface area contributed by atoms with Crippen LogP contribution in [0, 0.1) is 5.92 Å². The first-order chi connectivity index (χ1) is 10.1. The molecule has 120 valence electrons. The van der Waals surface area contributed by atoms with Gasteiger partial charge in [-0.15, -0.1) is 11.8 Å². The van der Waals surface area contributed by atoms with Crippen molar-refractivity contribution in [2.24, 2.45) is 5.92 Å². The highest BCUT2D eigenvalue weighted by molar-refractivity contribution is 7.98. The van der Waals surface area contributed by atoms with E-state index in [9.17, 15) is 0 Å². The van der Waals surface area contributed by atoms with Crippen LogP contribution in [0.3, 0.4) is 0 Å². The second-order valence-electron chi connectivity index (χ2n) is 5.21. The minimum atomic E-state index is 0.331. The molecule has 0 radical (unpaired) electrons. The fourth-order valence-corrected chi connectivity index (χ4v) is 2.76. The average Bonchev–Trinajstić information content (AvgIpc) is 2.50. The second-order valence-corrected chi connectivity index (χ2v) is 6.05. The van der Waals surface area contributed by atoms with Gasteiger partial charge in [0.2, 0.25) is 0 Å². The Morgan fingerprint density at radius 3 is 2.19 bits per heavy atom. The summed E-state index contributed by atoms with van der Waals surface area (Å²) in [7, 11) is 5.06. The van der Waals surface area contributed by atoms with Gasteiger partial charge in [-0.2, -0.15) is 0 Å². The standard InChI is InChI=1S/C16H27NO3S/c1-11(2)13(10-18-3)17-9-12-7-14(19-4)15(20-5)8-16(12)21-6/h7-8,11,13,17H,9-10H2,1-6H3. The van der Waals surface area contributed by atoms with Gasteiger partial charge < -0.3 is 19.5 Å². The lowest BCUT2D eigenvalue weighted by Gasteiger charge is -2.22. The van der Waals surface area contributed by atoms with E-state index in [1.807, 2.05) is 12.1 Å². The summed E-state index contributed by atoms with van der Waals surface area (Å²) in [6.45, 7) is 5.88. The first-order valence-corrected chi connectivity index (χ1v) is 8.31. The third kappa shape index (κ3) is 5.09. The van der Waals surface area contributed by atoms with E-state index in [0.29, 0.717) is 18.6 Å². The fourth-order valence-electron chi connectivity index (χ4n) is 2.14. The number of ether oxygens (including phenoxy) is 3. The Bertz CT molecular complexity index is 438. The number of methoxy groups -OCH3 is 3. The minimum Gasteiger partial charge on any atom is -0.493 e. The normalized spacial score (nSPS) is 12.5. The molecule has 0 saturated heterocycles. The maximum absolute atomic E-state index is 5.39. The van der Waals surface area contributed by atoms with Crippen molar-refractivity contribution in [2.45, 2.75) is 31.3 Å². The summed E-state index contributed by atoms with van der Waals surface area (Å²) in [5.41, 5.74) is 1.21. The molecule has 0 amide bonds. The van der Waals surface area contributed by atoms with Crippen molar-refractivity contribution in [1.29, 1.82) is 0 Å². The molecule has 21 heavy (non-hydrogen) atoms. The van der Waals surface area contributed by atoms with Gasteiger partial charge >= 0.3 is 0 Å². The summed E-state index contributed by atoms with van der Waals surface area (Å²) < 4.78 is 16.0. The van der Waals surface area contributed by atoms with Gasteiger partial charge in [-0.1, -0.05) is 13.8 Å². The van der Waals surface area contributed by atoms with Crippen LogP contribution in [0.1, 0.15) is 19.4 Å². The van der Waals surface area contributed by atoms with Crippen LogP contribution in [0.25, 0.3) is 0 Å². The highest BCUT2D eigenvalue weighted by atomic mass is 32.2. The van der Waals surface area contributed by atoms with Crippen LogP contribution in [-0.4, -0.2) is 40.2 Å². The summed E-state index contributed by atoms with van der Waals surface area (Å²) in [4.78, 5) is 1.19. The quantitative estimate of drug-likeness (QED) is 0.709. The summed E-state index contributed by atoms with van der Waals surface area (Å²) in [6, 6.07) is 4.40. The lowest BCUT2D eigenvalue weighted by Crippen LogP contribution is -2.37. The maximum atomic E-state index is 5.39. The van der Waals surface area contributed by atoms with E-state index < -0.39 is 0 Å². The Morgan fingerprint density at radius 2 is 1.71 bits per heavy atom. The Hall–Kier alpha value is -0.910. The van der Waals surface area contributed by atoms with Crippen LogP contribution >= 0.6 is 11.8 Å². The summed E-state index contributed by atoms with van der Waals surface area (Å²) in [5.74, 6) is 2.05. The molecule has 1 atom stereocenters. The van der Waals surface area contributed by atoms with Crippen molar-refractivity contribution in [2.75, 3.05) is 34.2 Å². The Balaban J connectivity index is 2.90. The molecule has 1 unspecified atom stereocenters. The molecule has 0 spiro atoms. The SMILES string of the molecule is COCC(NCc1cc(OC)c(OC)cc1SC)C(C)C. The third-order valence-corrected chi connectivity index (χ3v) is 4.31. The topological polar surface area (TPSA) is 39.7 Å². The average molecular weight is 313 g/mol. The number of nitrogens with one attached hydrogen (secondary N) is 1. The molecule has 1 aromatic rings. The Kier molecular flexibility index (Phi) is 7.93. The molecule has 5 heteroatoms. The zero-order chi connectivity index (χ0) is 15.8. The lowest BCUT2D eigenvalue weighted by atomic mass is 10.0. The summed E-state index contributed by atoms with van der Waals surface area (Å²) in [6.07, 6.45) is 2.07. The van der Waals surface area contributed by atoms with Gasteiger partial charge in [0.15, 0.2) is 11.5 Å². The smallest absolute Gasteiger partial charge is 0.161 e. The highest BCUT2D eigenvalue weighted by Gasteiger charge is 2.15. The minimum absolute atomic E-state index is 0.331. The van der Waals surface area contributed by atoms with E-state index in [1.165, 1.54) is 10.5 Å². The van der Waals surface area contributed by atoms with Crippen molar-refractivity contribution >= 4 is 11.8 Å². The number of thioether (sulfide) groups is 1. The van der Waals surface area contributed by atoms with Gasteiger partial charge in [-0.25, -0.2) is 0 Å². The van der Waals surface area contributed by atoms with E-state index >= 15 is 0 Å². The van der Waals surface area contributed by atoms with E-state index in [1.54, 1.807) is 33.1 Å².